The predicted octanol–water partition coefficient (Wildman–Crippen LogP) is 3.34. The summed E-state index contributed by atoms with van der Waals surface area (Å²) >= 11 is 3.61. The Balaban J connectivity index is 2.38. The third-order valence-corrected chi connectivity index (χ3v) is 4.45. The van der Waals surface area contributed by atoms with Gasteiger partial charge in [0.05, 0.1) is 17.7 Å². The van der Waals surface area contributed by atoms with E-state index < -0.39 is 0 Å². The van der Waals surface area contributed by atoms with Crippen molar-refractivity contribution in [1.29, 1.82) is 0 Å². The lowest BCUT2D eigenvalue weighted by Crippen LogP contribution is -2.38. The van der Waals surface area contributed by atoms with Crippen LogP contribution in [0.1, 0.15) is 38.8 Å². The van der Waals surface area contributed by atoms with Crippen LogP contribution in [0.15, 0.2) is 16.6 Å². The number of ether oxygens (including phenoxy) is 2. The molecule has 1 atom stereocenters. The molecule has 1 unspecified atom stereocenters. The van der Waals surface area contributed by atoms with Gasteiger partial charge in [0.25, 0.3) is 0 Å². The largest absolute Gasteiger partial charge is 0.490 e. The normalized spacial score (nSPS) is 16.1. The minimum atomic E-state index is 0.184. The van der Waals surface area contributed by atoms with Crippen molar-refractivity contribution in [3.8, 4) is 11.5 Å². The molecule has 118 valence electrons. The summed E-state index contributed by atoms with van der Waals surface area (Å²) in [5.41, 5.74) is 7.22. The van der Waals surface area contributed by atoms with Gasteiger partial charge < -0.3 is 15.2 Å². The molecule has 0 saturated heterocycles. The molecule has 0 aromatic heterocycles. The van der Waals surface area contributed by atoms with E-state index in [9.17, 15) is 0 Å². The average molecular weight is 357 g/mol. The Labute approximate surface area is 135 Å². The van der Waals surface area contributed by atoms with Crippen LogP contribution in [0.25, 0.3) is 0 Å². The molecule has 0 saturated carbocycles. The number of benzene rings is 1. The molecule has 21 heavy (non-hydrogen) atoms. The van der Waals surface area contributed by atoms with E-state index in [1.54, 1.807) is 0 Å². The zero-order valence-corrected chi connectivity index (χ0v) is 14.6. The molecule has 4 nitrogen and oxygen atoms in total. The molecule has 1 aliphatic heterocycles. The Morgan fingerprint density at radius 1 is 1.29 bits per heavy atom. The first-order valence-corrected chi connectivity index (χ1v) is 8.42. The van der Waals surface area contributed by atoms with E-state index in [-0.39, 0.29) is 6.04 Å². The summed E-state index contributed by atoms with van der Waals surface area (Å²) in [5.74, 6) is 1.62. The van der Waals surface area contributed by atoms with Crippen molar-refractivity contribution in [2.75, 3.05) is 26.3 Å². The average Bonchev–Trinajstić information content (AvgIpc) is 2.69. The topological polar surface area (TPSA) is 47.7 Å². The van der Waals surface area contributed by atoms with Gasteiger partial charge in [0.1, 0.15) is 0 Å². The minimum Gasteiger partial charge on any atom is -0.490 e. The van der Waals surface area contributed by atoms with E-state index in [1.807, 2.05) is 0 Å². The lowest BCUT2D eigenvalue weighted by Gasteiger charge is -2.34. The molecule has 0 bridgehead atoms. The fourth-order valence-electron chi connectivity index (χ4n) is 2.85. The first-order chi connectivity index (χ1) is 10.1. The number of fused-ring (bicyclic) bond motifs is 1. The maximum atomic E-state index is 6.05. The van der Waals surface area contributed by atoms with Gasteiger partial charge in [0.2, 0.25) is 0 Å². The number of hydrogen-bond acceptors (Lipinski definition) is 4. The lowest BCUT2D eigenvalue weighted by molar-refractivity contribution is 0.166. The quantitative estimate of drug-likeness (QED) is 0.878. The molecule has 0 spiro atoms. The summed E-state index contributed by atoms with van der Waals surface area (Å²) in [6.07, 6.45) is 0.907. The molecule has 2 rings (SSSR count). The van der Waals surface area contributed by atoms with Crippen LogP contribution in [0.4, 0.5) is 0 Å². The second-order valence-corrected chi connectivity index (χ2v) is 6.41. The third kappa shape index (κ3) is 3.71. The zero-order chi connectivity index (χ0) is 15.4. The molecule has 0 aliphatic carbocycles. The van der Waals surface area contributed by atoms with Gasteiger partial charge in [-0.25, -0.2) is 0 Å². The summed E-state index contributed by atoms with van der Waals surface area (Å²) in [4.78, 5) is 2.39. The molecule has 1 aromatic rings. The molecule has 0 fully saturated rings. The number of nitrogens with zero attached hydrogens (tertiary/aromatic N) is 1. The van der Waals surface area contributed by atoms with E-state index in [2.05, 4.69) is 53.7 Å². The van der Waals surface area contributed by atoms with Crippen molar-refractivity contribution in [2.45, 2.75) is 39.3 Å². The SMILES string of the molecule is CCN(C(C)C)C(CN)c1cc(Br)c2c(c1)OCCCO2. The van der Waals surface area contributed by atoms with Gasteiger partial charge in [-0.3, -0.25) is 4.90 Å². The summed E-state index contributed by atoms with van der Waals surface area (Å²) in [6.45, 7) is 9.50. The Morgan fingerprint density at radius 3 is 2.62 bits per heavy atom. The number of likely N-dealkylation sites (N-methyl/N-ethyl adjacent to an activating group) is 1. The van der Waals surface area contributed by atoms with E-state index in [0.29, 0.717) is 25.8 Å². The summed E-state index contributed by atoms with van der Waals surface area (Å²) in [6, 6.07) is 4.81. The van der Waals surface area contributed by atoms with Gasteiger partial charge in [-0.2, -0.15) is 0 Å². The highest BCUT2D eigenvalue weighted by Gasteiger charge is 2.24. The molecule has 0 radical (unpaired) electrons. The maximum Gasteiger partial charge on any atom is 0.175 e. The van der Waals surface area contributed by atoms with Crippen LogP contribution in [0.3, 0.4) is 0 Å². The number of hydrogen-bond donors (Lipinski definition) is 1. The molecule has 5 heteroatoms. The van der Waals surface area contributed by atoms with Crippen LogP contribution in [0.5, 0.6) is 11.5 Å². The first kappa shape index (κ1) is 16.6. The van der Waals surface area contributed by atoms with Gasteiger partial charge in [-0.15, -0.1) is 0 Å². The van der Waals surface area contributed by atoms with Crippen molar-refractivity contribution in [3.63, 3.8) is 0 Å². The second-order valence-electron chi connectivity index (χ2n) is 5.56. The minimum absolute atomic E-state index is 0.184. The van der Waals surface area contributed by atoms with Gasteiger partial charge in [-0.05, 0) is 54.0 Å². The van der Waals surface area contributed by atoms with E-state index >= 15 is 0 Å². The maximum absolute atomic E-state index is 6.05. The van der Waals surface area contributed by atoms with Crippen LogP contribution in [0, 0.1) is 0 Å². The Kier molecular flexibility index (Phi) is 5.90. The standard InChI is InChI=1S/C16H25BrN2O2/c1-4-19(11(2)3)14(10-18)12-8-13(17)16-15(9-12)20-6-5-7-21-16/h8-9,11,14H,4-7,10,18H2,1-3H3. The van der Waals surface area contributed by atoms with E-state index in [1.165, 1.54) is 5.56 Å². The fourth-order valence-corrected chi connectivity index (χ4v) is 3.43. The molecule has 1 aromatic carbocycles. The van der Waals surface area contributed by atoms with Crippen LogP contribution >= 0.6 is 15.9 Å². The molecule has 1 heterocycles. The third-order valence-electron chi connectivity index (χ3n) is 3.86. The number of halogens is 1. The number of nitrogens with two attached hydrogens (primary N) is 1. The Morgan fingerprint density at radius 2 is 2.00 bits per heavy atom. The lowest BCUT2D eigenvalue weighted by atomic mass is 10.0. The molecule has 0 amide bonds. The summed E-state index contributed by atoms with van der Waals surface area (Å²) < 4.78 is 12.5. The summed E-state index contributed by atoms with van der Waals surface area (Å²) in [7, 11) is 0. The predicted molar refractivity (Wildman–Crippen MR) is 89.1 cm³/mol. The van der Waals surface area contributed by atoms with Gasteiger partial charge >= 0.3 is 0 Å². The summed E-state index contributed by atoms with van der Waals surface area (Å²) in [5, 5.41) is 0. The van der Waals surface area contributed by atoms with Crippen molar-refractivity contribution >= 4 is 15.9 Å². The highest BCUT2D eigenvalue weighted by molar-refractivity contribution is 9.10. The van der Waals surface area contributed by atoms with Crippen molar-refractivity contribution in [2.24, 2.45) is 5.73 Å². The van der Waals surface area contributed by atoms with Crippen LogP contribution in [-0.4, -0.2) is 37.2 Å². The molecular formula is C16H25BrN2O2. The Hall–Kier alpha value is -0.780. The smallest absolute Gasteiger partial charge is 0.175 e. The van der Waals surface area contributed by atoms with Gasteiger partial charge in [0, 0.05) is 25.0 Å². The molecule has 1 aliphatic rings. The van der Waals surface area contributed by atoms with Crippen molar-refractivity contribution < 1.29 is 9.47 Å². The van der Waals surface area contributed by atoms with Crippen LogP contribution in [0.2, 0.25) is 0 Å². The molecular weight excluding hydrogens is 332 g/mol. The fraction of sp³-hybridized carbons (Fsp3) is 0.625. The van der Waals surface area contributed by atoms with Gasteiger partial charge in [0.15, 0.2) is 11.5 Å². The highest BCUT2D eigenvalue weighted by Crippen LogP contribution is 2.40. The highest BCUT2D eigenvalue weighted by atomic mass is 79.9. The number of rotatable bonds is 5. The van der Waals surface area contributed by atoms with Crippen molar-refractivity contribution in [3.05, 3.63) is 22.2 Å². The van der Waals surface area contributed by atoms with Crippen LogP contribution in [-0.2, 0) is 0 Å². The second kappa shape index (κ2) is 7.47. The molecule has 2 N–H and O–H groups in total. The van der Waals surface area contributed by atoms with Gasteiger partial charge in [-0.1, -0.05) is 6.92 Å². The zero-order valence-electron chi connectivity index (χ0n) is 13.1. The first-order valence-electron chi connectivity index (χ1n) is 7.63. The van der Waals surface area contributed by atoms with Crippen molar-refractivity contribution in [1.82, 2.24) is 4.90 Å². The van der Waals surface area contributed by atoms with E-state index in [0.717, 1.165) is 28.9 Å². The monoisotopic (exact) mass is 356 g/mol. The van der Waals surface area contributed by atoms with Crippen LogP contribution < -0.4 is 15.2 Å². The Bertz CT molecular complexity index is 480. The van der Waals surface area contributed by atoms with E-state index in [4.69, 9.17) is 15.2 Å².